The summed E-state index contributed by atoms with van der Waals surface area (Å²) in [6.07, 6.45) is 1.64. The number of ether oxygens (including phenoxy) is 1. The number of nitrogens with two attached hydrogens (primary N) is 1. The van der Waals surface area contributed by atoms with Crippen LogP contribution in [0.3, 0.4) is 0 Å². The molecule has 1 saturated heterocycles. The van der Waals surface area contributed by atoms with Crippen LogP contribution in [0.25, 0.3) is 0 Å². The molecule has 2 rings (SSSR count). The van der Waals surface area contributed by atoms with Crippen molar-refractivity contribution in [2.45, 2.75) is 52.2 Å². The molecule has 5 N–H and O–H groups in total. The molecule has 1 aromatic carbocycles. The van der Waals surface area contributed by atoms with Gasteiger partial charge in [-0.15, -0.1) is 0 Å². The number of urea groups is 1. The molecule has 1 fully saturated rings. The number of nitrogens with zero attached hydrogens (tertiary/aromatic N) is 1. The Morgan fingerprint density at radius 3 is 2.30 bits per heavy atom. The first-order valence-corrected chi connectivity index (χ1v) is 10.8. The smallest absolute Gasteiger partial charge is 0.319 e. The largest absolute Gasteiger partial charge is 0.497 e. The molecular formula is C23H33N5O5. The summed E-state index contributed by atoms with van der Waals surface area (Å²) in [6.45, 7) is 7.25. The van der Waals surface area contributed by atoms with Crippen molar-refractivity contribution in [2.24, 2.45) is 11.7 Å². The molecule has 1 aromatic rings. The number of rotatable bonds is 8. The maximum absolute atomic E-state index is 13.0. The Morgan fingerprint density at radius 2 is 1.79 bits per heavy atom. The van der Waals surface area contributed by atoms with Crippen LogP contribution in [0.5, 0.6) is 5.75 Å². The third-order valence-corrected chi connectivity index (χ3v) is 5.25. The van der Waals surface area contributed by atoms with Crippen LogP contribution >= 0.6 is 0 Å². The molecule has 10 heteroatoms. The standard InChI is InChI=1S/C23H33N5O5/c1-13(2)10-19(29)28-12-16(11-18(28)22(31)27-20(14(3)4)21(24)30)26-23(32)25-15-6-8-17(33-5)9-7-15/h6-10,14,16,18,20H,11-12H2,1-5H3,(H2,24,30)(H,27,31)(H2,25,26,32). The Bertz CT molecular complexity index is 908. The highest BCUT2D eigenvalue weighted by molar-refractivity contribution is 5.96. The molecule has 0 aliphatic carbocycles. The summed E-state index contributed by atoms with van der Waals surface area (Å²) in [5.74, 6) is -1.02. The SMILES string of the molecule is COc1ccc(NC(=O)NC2CC(C(=O)NC(C(N)=O)C(C)C)N(C(=O)C=C(C)C)C2)cc1. The summed E-state index contributed by atoms with van der Waals surface area (Å²) in [5, 5.41) is 8.18. The lowest BCUT2D eigenvalue weighted by molar-refractivity contribution is -0.136. The third kappa shape index (κ3) is 7.23. The van der Waals surface area contributed by atoms with E-state index in [-0.39, 0.29) is 24.8 Å². The van der Waals surface area contributed by atoms with Gasteiger partial charge in [0, 0.05) is 18.3 Å². The molecule has 0 aromatic heterocycles. The number of carbonyl (C=O) groups excluding carboxylic acids is 4. The molecule has 3 unspecified atom stereocenters. The second-order valence-corrected chi connectivity index (χ2v) is 8.62. The van der Waals surface area contributed by atoms with Crippen molar-refractivity contribution in [3.05, 3.63) is 35.9 Å². The highest BCUT2D eigenvalue weighted by Crippen LogP contribution is 2.21. The van der Waals surface area contributed by atoms with E-state index >= 15 is 0 Å². The predicted molar refractivity (Wildman–Crippen MR) is 124 cm³/mol. The number of primary amides is 1. The van der Waals surface area contributed by atoms with Gasteiger partial charge in [-0.1, -0.05) is 19.4 Å². The van der Waals surface area contributed by atoms with Crippen molar-refractivity contribution in [3.63, 3.8) is 0 Å². The number of hydrogen-bond acceptors (Lipinski definition) is 5. The minimum atomic E-state index is -0.858. The van der Waals surface area contributed by atoms with Crippen LogP contribution in [-0.2, 0) is 14.4 Å². The maximum Gasteiger partial charge on any atom is 0.319 e. The molecule has 1 aliphatic rings. The second-order valence-electron chi connectivity index (χ2n) is 8.62. The van der Waals surface area contributed by atoms with Crippen LogP contribution in [0.15, 0.2) is 35.9 Å². The number of methoxy groups -OCH3 is 1. The van der Waals surface area contributed by atoms with Crippen LogP contribution < -0.4 is 26.4 Å². The highest BCUT2D eigenvalue weighted by atomic mass is 16.5. The van der Waals surface area contributed by atoms with Crippen LogP contribution in [-0.4, -0.2) is 60.4 Å². The Hall–Kier alpha value is -3.56. The number of anilines is 1. The van der Waals surface area contributed by atoms with E-state index in [4.69, 9.17) is 10.5 Å². The molecule has 10 nitrogen and oxygen atoms in total. The van der Waals surface area contributed by atoms with E-state index < -0.39 is 36.0 Å². The highest BCUT2D eigenvalue weighted by Gasteiger charge is 2.40. The average Bonchev–Trinajstić information content (AvgIpc) is 3.15. The Balaban J connectivity index is 2.11. The van der Waals surface area contributed by atoms with E-state index in [1.54, 1.807) is 59.1 Å². The van der Waals surface area contributed by atoms with E-state index in [1.165, 1.54) is 11.0 Å². The number of allylic oxidation sites excluding steroid dienone is 1. The predicted octanol–water partition coefficient (Wildman–Crippen LogP) is 1.38. The molecule has 1 heterocycles. The van der Waals surface area contributed by atoms with Gasteiger partial charge >= 0.3 is 6.03 Å². The topological polar surface area (TPSA) is 143 Å². The number of carbonyl (C=O) groups is 4. The Kier molecular flexibility index (Phi) is 8.84. The Morgan fingerprint density at radius 1 is 1.15 bits per heavy atom. The lowest BCUT2D eigenvalue weighted by Gasteiger charge is -2.26. The van der Waals surface area contributed by atoms with Gasteiger partial charge in [0.1, 0.15) is 17.8 Å². The maximum atomic E-state index is 13.0. The molecule has 0 spiro atoms. The van der Waals surface area contributed by atoms with Crippen molar-refractivity contribution in [2.75, 3.05) is 19.0 Å². The van der Waals surface area contributed by atoms with E-state index in [9.17, 15) is 19.2 Å². The molecule has 3 atom stereocenters. The first-order valence-electron chi connectivity index (χ1n) is 10.8. The molecule has 180 valence electrons. The normalized spacial score (nSPS) is 18.3. The van der Waals surface area contributed by atoms with Crippen LogP contribution in [0.1, 0.15) is 34.1 Å². The van der Waals surface area contributed by atoms with Crippen molar-refractivity contribution in [1.29, 1.82) is 0 Å². The quantitative estimate of drug-likeness (QED) is 0.434. The van der Waals surface area contributed by atoms with Crippen molar-refractivity contribution < 1.29 is 23.9 Å². The van der Waals surface area contributed by atoms with Gasteiger partial charge in [-0.05, 0) is 50.5 Å². The second kappa shape index (κ2) is 11.3. The summed E-state index contributed by atoms with van der Waals surface area (Å²) < 4.78 is 5.10. The van der Waals surface area contributed by atoms with Gasteiger partial charge in [-0.2, -0.15) is 0 Å². The van der Waals surface area contributed by atoms with E-state index in [1.807, 2.05) is 0 Å². The van der Waals surface area contributed by atoms with Gasteiger partial charge in [-0.25, -0.2) is 4.79 Å². The van der Waals surface area contributed by atoms with Gasteiger partial charge in [0.25, 0.3) is 0 Å². The summed E-state index contributed by atoms with van der Waals surface area (Å²) in [7, 11) is 1.55. The summed E-state index contributed by atoms with van der Waals surface area (Å²) >= 11 is 0. The van der Waals surface area contributed by atoms with Crippen molar-refractivity contribution >= 4 is 29.4 Å². The van der Waals surface area contributed by atoms with Gasteiger partial charge in [0.05, 0.1) is 13.2 Å². The van der Waals surface area contributed by atoms with Gasteiger partial charge in [0.2, 0.25) is 17.7 Å². The Labute approximate surface area is 193 Å². The van der Waals surface area contributed by atoms with Gasteiger partial charge < -0.3 is 31.3 Å². The number of benzene rings is 1. The van der Waals surface area contributed by atoms with E-state index in [2.05, 4.69) is 16.0 Å². The van der Waals surface area contributed by atoms with Crippen molar-refractivity contribution in [3.8, 4) is 5.75 Å². The van der Waals surface area contributed by atoms with E-state index in [0.717, 1.165) is 5.57 Å². The third-order valence-electron chi connectivity index (χ3n) is 5.25. The zero-order valence-electron chi connectivity index (χ0n) is 19.7. The average molecular weight is 460 g/mol. The number of hydrogen-bond donors (Lipinski definition) is 4. The fourth-order valence-corrected chi connectivity index (χ4v) is 3.61. The summed E-state index contributed by atoms with van der Waals surface area (Å²) in [5.41, 5.74) is 6.76. The van der Waals surface area contributed by atoms with Crippen LogP contribution in [0.4, 0.5) is 10.5 Å². The van der Waals surface area contributed by atoms with Crippen LogP contribution in [0.2, 0.25) is 0 Å². The number of likely N-dealkylation sites (tertiary alicyclic amines) is 1. The minimum Gasteiger partial charge on any atom is -0.497 e. The first-order chi connectivity index (χ1) is 15.5. The lowest BCUT2D eigenvalue weighted by Crippen LogP contribution is -2.53. The first kappa shape index (κ1) is 25.7. The van der Waals surface area contributed by atoms with Gasteiger partial charge in [0.15, 0.2) is 0 Å². The fraction of sp³-hybridized carbons (Fsp3) is 0.478. The van der Waals surface area contributed by atoms with Gasteiger partial charge in [-0.3, -0.25) is 14.4 Å². The van der Waals surface area contributed by atoms with Crippen LogP contribution in [0, 0.1) is 5.92 Å². The summed E-state index contributed by atoms with van der Waals surface area (Å²) in [6, 6.07) is 4.21. The zero-order chi connectivity index (χ0) is 24.7. The number of nitrogens with one attached hydrogen (secondary N) is 3. The monoisotopic (exact) mass is 459 g/mol. The zero-order valence-corrected chi connectivity index (χ0v) is 19.7. The fourth-order valence-electron chi connectivity index (χ4n) is 3.61. The number of amides is 5. The molecular weight excluding hydrogens is 426 g/mol. The minimum absolute atomic E-state index is 0.152. The van der Waals surface area contributed by atoms with Crippen molar-refractivity contribution in [1.82, 2.24) is 15.5 Å². The molecule has 0 saturated carbocycles. The van der Waals surface area contributed by atoms with E-state index in [0.29, 0.717) is 11.4 Å². The molecule has 5 amide bonds. The molecule has 1 aliphatic heterocycles. The summed E-state index contributed by atoms with van der Waals surface area (Å²) in [4.78, 5) is 51.3. The molecule has 0 radical (unpaired) electrons. The molecule has 33 heavy (non-hydrogen) atoms. The lowest BCUT2D eigenvalue weighted by atomic mass is 10.0. The molecule has 0 bridgehead atoms.